The average molecular weight is 240 g/mol. The second-order valence-electron chi connectivity index (χ2n) is 6.62. The van der Waals surface area contributed by atoms with E-state index in [0.29, 0.717) is 11.1 Å². The summed E-state index contributed by atoms with van der Waals surface area (Å²) in [5, 5.41) is 0.298. The largest absolute Gasteiger partial charge is 0.410 e. The Morgan fingerprint density at radius 2 is 1.75 bits per heavy atom. The lowest BCUT2D eigenvalue weighted by Crippen LogP contribution is -2.45. The van der Waals surface area contributed by atoms with E-state index in [1.807, 2.05) is 6.08 Å². The molecule has 94 valence electrons. The highest BCUT2D eigenvalue weighted by Gasteiger charge is 2.40. The van der Waals surface area contributed by atoms with Crippen LogP contribution in [-0.4, -0.2) is 14.4 Å². The van der Waals surface area contributed by atoms with Crippen molar-refractivity contribution in [3.8, 4) is 0 Å². The Hall–Kier alpha value is -0.0831. The van der Waals surface area contributed by atoms with Crippen LogP contribution in [0.4, 0.5) is 0 Å². The minimum atomic E-state index is -1.63. The molecule has 16 heavy (non-hydrogen) atoms. The van der Waals surface area contributed by atoms with Gasteiger partial charge in [0.1, 0.15) is 0 Å². The summed E-state index contributed by atoms with van der Waals surface area (Å²) >= 11 is 0. The molecule has 0 spiro atoms. The zero-order valence-corrected chi connectivity index (χ0v) is 12.7. The molecule has 0 saturated heterocycles. The third-order valence-electron chi connectivity index (χ3n) is 4.33. The standard InChI is InChI=1S/C14H28OSi/c1-7-13(12-10-8-9-11-12)15-16(5,6)14(2,3)4/h7,12-13H,1,8-11H2,2-6H3. The zero-order valence-electron chi connectivity index (χ0n) is 11.7. The van der Waals surface area contributed by atoms with Crippen molar-refractivity contribution in [3.05, 3.63) is 12.7 Å². The number of hydrogen-bond donors (Lipinski definition) is 0. The Kier molecular flexibility index (Phi) is 4.41. The van der Waals surface area contributed by atoms with Crippen LogP contribution in [0.3, 0.4) is 0 Å². The van der Waals surface area contributed by atoms with Crippen molar-refractivity contribution in [2.45, 2.75) is 70.7 Å². The highest BCUT2D eigenvalue weighted by Crippen LogP contribution is 2.40. The first-order chi connectivity index (χ1) is 7.28. The topological polar surface area (TPSA) is 9.23 Å². The van der Waals surface area contributed by atoms with Gasteiger partial charge in [0.05, 0.1) is 6.10 Å². The van der Waals surface area contributed by atoms with E-state index in [4.69, 9.17) is 4.43 Å². The SMILES string of the molecule is C=CC(O[Si](C)(C)C(C)(C)C)C1CCCC1. The Labute approximate surface area is 102 Å². The summed E-state index contributed by atoms with van der Waals surface area (Å²) in [4.78, 5) is 0. The molecule has 1 rings (SSSR count). The molecule has 1 saturated carbocycles. The van der Waals surface area contributed by atoms with Gasteiger partial charge in [0.2, 0.25) is 0 Å². The summed E-state index contributed by atoms with van der Waals surface area (Å²) in [5.74, 6) is 0.728. The number of rotatable bonds is 4. The predicted molar refractivity (Wildman–Crippen MR) is 74.2 cm³/mol. The predicted octanol–water partition coefficient (Wildman–Crippen LogP) is 4.75. The molecular weight excluding hydrogens is 212 g/mol. The van der Waals surface area contributed by atoms with Gasteiger partial charge in [-0.05, 0) is 36.9 Å². The van der Waals surface area contributed by atoms with Gasteiger partial charge in [-0.15, -0.1) is 6.58 Å². The summed E-state index contributed by atoms with van der Waals surface area (Å²) in [5.41, 5.74) is 0. The third-order valence-corrected chi connectivity index (χ3v) is 8.81. The van der Waals surface area contributed by atoms with Crippen molar-refractivity contribution in [2.75, 3.05) is 0 Å². The van der Waals surface area contributed by atoms with Crippen LogP contribution in [-0.2, 0) is 4.43 Å². The fourth-order valence-corrected chi connectivity index (χ4v) is 3.46. The molecule has 1 fully saturated rings. The fraction of sp³-hybridized carbons (Fsp3) is 0.857. The number of hydrogen-bond acceptors (Lipinski definition) is 1. The quantitative estimate of drug-likeness (QED) is 0.509. The van der Waals surface area contributed by atoms with Gasteiger partial charge in [-0.25, -0.2) is 0 Å². The maximum Gasteiger partial charge on any atom is 0.192 e. The van der Waals surface area contributed by atoms with E-state index in [1.54, 1.807) is 0 Å². The van der Waals surface area contributed by atoms with Crippen LogP contribution < -0.4 is 0 Å². The first-order valence-corrected chi connectivity index (χ1v) is 9.49. The van der Waals surface area contributed by atoms with Gasteiger partial charge in [-0.2, -0.15) is 0 Å². The van der Waals surface area contributed by atoms with Crippen LogP contribution in [0, 0.1) is 5.92 Å². The van der Waals surface area contributed by atoms with Crippen molar-refractivity contribution in [3.63, 3.8) is 0 Å². The van der Waals surface area contributed by atoms with Crippen LogP contribution in [0.5, 0.6) is 0 Å². The smallest absolute Gasteiger partial charge is 0.192 e. The van der Waals surface area contributed by atoms with Gasteiger partial charge in [0.25, 0.3) is 0 Å². The lowest BCUT2D eigenvalue weighted by atomic mass is 10.0. The monoisotopic (exact) mass is 240 g/mol. The van der Waals surface area contributed by atoms with Crippen molar-refractivity contribution >= 4 is 8.32 Å². The van der Waals surface area contributed by atoms with E-state index in [2.05, 4.69) is 40.4 Å². The third kappa shape index (κ3) is 3.20. The van der Waals surface area contributed by atoms with Crippen LogP contribution in [0.25, 0.3) is 0 Å². The lowest BCUT2D eigenvalue weighted by Gasteiger charge is -2.40. The molecule has 2 heteroatoms. The second-order valence-corrected chi connectivity index (χ2v) is 11.4. The van der Waals surface area contributed by atoms with E-state index in [0.717, 1.165) is 5.92 Å². The molecular formula is C14H28OSi. The lowest BCUT2D eigenvalue weighted by molar-refractivity contribution is 0.162. The van der Waals surface area contributed by atoms with Gasteiger partial charge in [-0.1, -0.05) is 39.7 Å². The summed E-state index contributed by atoms with van der Waals surface area (Å²) in [6.45, 7) is 15.5. The molecule has 1 atom stereocenters. The van der Waals surface area contributed by atoms with Gasteiger partial charge in [0.15, 0.2) is 8.32 Å². The van der Waals surface area contributed by atoms with Crippen molar-refractivity contribution in [1.82, 2.24) is 0 Å². The van der Waals surface area contributed by atoms with Crippen LogP contribution in [0.2, 0.25) is 18.1 Å². The molecule has 0 aromatic rings. The molecule has 1 unspecified atom stereocenters. The average Bonchev–Trinajstić information content (AvgIpc) is 2.65. The minimum absolute atomic E-state index is 0.295. The molecule has 0 aromatic carbocycles. The molecule has 0 radical (unpaired) electrons. The van der Waals surface area contributed by atoms with E-state index >= 15 is 0 Å². The van der Waals surface area contributed by atoms with Crippen LogP contribution in [0.1, 0.15) is 46.5 Å². The first-order valence-electron chi connectivity index (χ1n) is 6.58. The van der Waals surface area contributed by atoms with Crippen LogP contribution in [0.15, 0.2) is 12.7 Å². The molecule has 1 aliphatic rings. The maximum absolute atomic E-state index is 6.46. The van der Waals surface area contributed by atoms with Crippen molar-refractivity contribution in [2.24, 2.45) is 5.92 Å². The summed E-state index contributed by atoms with van der Waals surface area (Å²) in [6, 6.07) is 0. The van der Waals surface area contributed by atoms with E-state index in [9.17, 15) is 0 Å². The molecule has 0 N–H and O–H groups in total. The molecule has 1 aliphatic carbocycles. The summed E-state index contributed by atoms with van der Waals surface area (Å²) < 4.78 is 6.46. The maximum atomic E-state index is 6.46. The molecule has 0 aliphatic heterocycles. The van der Waals surface area contributed by atoms with E-state index in [-0.39, 0.29) is 0 Å². The second kappa shape index (κ2) is 5.05. The van der Waals surface area contributed by atoms with Crippen LogP contribution >= 0.6 is 0 Å². The fourth-order valence-electron chi connectivity index (χ4n) is 2.14. The molecule has 0 aromatic heterocycles. The molecule has 0 amide bonds. The Bertz CT molecular complexity index is 234. The van der Waals surface area contributed by atoms with Crippen molar-refractivity contribution in [1.29, 1.82) is 0 Å². The molecule has 0 heterocycles. The highest BCUT2D eigenvalue weighted by atomic mass is 28.4. The zero-order chi connectivity index (χ0) is 12.4. The van der Waals surface area contributed by atoms with Crippen molar-refractivity contribution < 1.29 is 4.43 Å². The molecule has 0 bridgehead atoms. The Balaban J connectivity index is 2.65. The van der Waals surface area contributed by atoms with E-state index < -0.39 is 8.32 Å². The normalized spacial score (nSPS) is 21.1. The van der Waals surface area contributed by atoms with E-state index in [1.165, 1.54) is 25.7 Å². The van der Waals surface area contributed by atoms with Gasteiger partial charge < -0.3 is 4.43 Å². The summed E-state index contributed by atoms with van der Waals surface area (Å²) in [6.07, 6.45) is 7.72. The molecule has 1 nitrogen and oxygen atoms in total. The highest BCUT2D eigenvalue weighted by molar-refractivity contribution is 6.74. The minimum Gasteiger partial charge on any atom is -0.410 e. The van der Waals surface area contributed by atoms with Gasteiger partial charge >= 0.3 is 0 Å². The Morgan fingerprint density at radius 3 is 2.12 bits per heavy atom. The summed E-state index contributed by atoms with van der Waals surface area (Å²) in [7, 11) is -1.63. The van der Waals surface area contributed by atoms with Gasteiger partial charge in [-0.3, -0.25) is 0 Å². The Morgan fingerprint density at radius 1 is 1.25 bits per heavy atom. The van der Waals surface area contributed by atoms with Gasteiger partial charge in [0, 0.05) is 0 Å². The first kappa shape index (κ1) is 14.0.